The van der Waals surface area contributed by atoms with Crippen molar-refractivity contribution in [2.75, 3.05) is 13.7 Å². The summed E-state index contributed by atoms with van der Waals surface area (Å²) in [6.07, 6.45) is -3.06. The van der Waals surface area contributed by atoms with Crippen LogP contribution in [0.3, 0.4) is 0 Å². The van der Waals surface area contributed by atoms with Gasteiger partial charge in [0.25, 0.3) is 12.3 Å². The second-order valence-electron chi connectivity index (χ2n) is 4.63. The Kier molecular flexibility index (Phi) is 4.83. The standard InChI is InChI=1S/C12H12BrF3N2O3S/c1-17-22(20,21)9-3-7(13)2-6-5-18(12(19)10(6)9)8(4-14)11(15)16/h2-3,8,11,17H,4-5H2,1H3. The number of alkyl halides is 3. The van der Waals surface area contributed by atoms with Crippen LogP contribution in [-0.4, -0.2) is 45.4 Å². The summed E-state index contributed by atoms with van der Waals surface area (Å²) in [6, 6.07) is 0.769. The third-order valence-corrected chi connectivity index (χ3v) is 5.27. The molecular formula is C12H12BrF3N2O3S. The number of nitrogens with zero attached hydrogens (tertiary/aromatic N) is 1. The van der Waals surface area contributed by atoms with E-state index in [0.717, 1.165) is 0 Å². The third-order valence-electron chi connectivity index (χ3n) is 3.37. The predicted molar refractivity (Wildman–Crippen MR) is 76.0 cm³/mol. The molecule has 1 heterocycles. The van der Waals surface area contributed by atoms with Gasteiger partial charge in [-0.15, -0.1) is 0 Å². The molecule has 2 rings (SSSR count). The summed E-state index contributed by atoms with van der Waals surface area (Å²) < 4.78 is 65.0. The fraction of sp³-hybridized carbons (Fsp3) is 0.417. The van der Waals surface area contributed by atoms with E-state index in [1.165, 1.54) is 19.2 Å². The predicted octanol–water partition coefficient (Wildman–Crippen LogP) is 1.92. The van der Waals surface area contributed by atoms with Crippen molar-refractivity contribution in [2.24, 2.45) is 0 Å². The molecule has 0 spiro atoms. The number of carbonyl (C=O) groups is 1. The molecule has 0 fully saturated rings. The maximum Gasteiger partial charge on any atom is 0.261 e. The van der Waals surface area contributed by atoms with Crippen LogP contribution in [0.25, 0.3) is 0 Å². The second kappa shape index (κ2) is 6.17. The lowest BCUT2D eigenvalue weighted by Gasteiger charge is -2.24. The van der Waals surface area contributed by atoms with Crippen LogP contribution >= 0.6 is 15.9 Å². The Balaban J connectivity index is 2.57. The normalized spacial score (nSPS) is 16.3. The maximum absolute atomic E-state index is 12.9. The van der Waals surface area contributed by atoms with Gasteiger partial charge in [-0.05, 0) is 24.7 Å². The number of sulfonamides is 1. The zero-order valence-corrected chi connectivity index (χ0v) is 13.7. The first-order valence-corrected chi connectivity index (χ1v) is 8.41. The van der Waals surface area contributed by atoms with Crippen molar-refractivity contribution < 1.29 is 26.4 Å². The minimum atomic E-state index is -3.96. The van der Waals surface area contributed by atoms with E-state index in [4.69, 9.17) is 0 Å². The number of hydrogen-bond donors (Lipinski definition) is 1. The molecule has 1 unspecified atom stereocenters. The number of fused-ring (bicyclic) bond motifs is 1. The van der Waals surface area contributed by atoms with E-state index in [1.54, 1.807) is 0 Å². The summed E-state index contributed by atoms with van der Waals surface area (Å²) in [5.41, 5.74) is 0.0592. The molecule has 22 heavy (non-hydrogen) atoms. The van der Waals surface area contributed by atoms with Gasteiger partial charge in [-0.1, -0.05) is 15.9 Å². The lowest BCUT2D eigenvalue weighted by atomic mass is 10.1. The van der Waals surface area contributed by atoms with Crippen LogP contribution in [0.5, 0.6) is 0 Å². The molecule has 122 valence electrons. The van der Waals surface area contributed by atoms with Crippen LogP contribution in [0.2, 0.25) is 0 Å². The van der Waals surface area contributed by atoms with Crippen LogP contribution in [0, 0.1) is 0 Å². The molecule has 1 aliphatic rings. The number of halogens is 4. The zero-order chi connectivity index (χ0) is 16.7. The smallest absolute Gasteiger partial charge is 0.261 e. The van der Waals surface area contributed by atoms with Crippen LogP contribution in [-0.2, 0) is 16.6 Å². The molecule has 10 heteroatoms. The van der Waals surface area contributed by atoms with Gasteiger partial charge in [-0.3, -0.25) is 4.79 Å². The van der Waals surface area contributed by atoms with E-state index in [-0.39, 0.29) is 22.6 Å². The summed E-state index contributed by atoms with van der Waals surface area (Å²) in [6.45, 7) is -1.68. The number of benzene rings is 1. The van der Waals surface area contributed by atoms with Gasteiger partial charge in [0, 0.05) is 11.0 Å². The van der Waals surface area contributed by atoms with Gasteiger partial charge < -0.3 is 4.90 Å². The van der Waals surface area contributed by atoms with Gasteiger partial charge in [0.1, 0.15) is 12.7 Å². The van der Waals surface area contributed by atoms with Crippen molar-refractivity contribution in [1.29, 1.82) is 0 Å². The molecule has 0 radical (unpaired) electrons. The van der Waals surface area contributed by atoms with E-state index in [9.17, 15) is 26.4 Å². The Morgan fingerprint density at radius 1 is 1.41 bits per heavy atom. The number of hydrogen-bond acceptors (Lipinski definition) is 3. The molecule has 1 aromatic carbocycles. The first-order valence-electron chi connectivity index (χ1n) is 6.14. The minimum Gasteiger partial charge on any atom is -0.323 e. The van der Waals surface area contributed by atoms with Crippen molar-refractivity contribution in [3.8, 4) is 0 Å². The quantitative estimate of drug-likeness (QED) is 0.820. The Morgan fingerprint density at radius 2 is 2.05 bits per heavy atom. The molecule has 1 aromatic rings. The van der Waals surface area contributed by atoms with Gasteiger partial charge in [0.15, 0.2) is 0 Å². The summed E-state index contributed by atoms with van der Waals surface area (Å²) in [7, 11) is -2.79. The molecular weight excluding hydrogens is 389 g/mol. The molecule has 0 saturated carbocycles. The van der Waals surface area contributed by atoms with Gasteiger partial charge in [-0.25, -0.2) is 26.3 Å². The van der Waals surface area contributed by atoms with Crippen molar-refractivity contribution >= 4 is 31.9 Å². The number of carbonyl (C=O) groups excluding carboxylic acids is 1. The van der Waals surface area contributed by atoms with E-state index in [2.05, 4.69) is 20.7 Å². The molecule has 1 aliphatic heterocycles. The van der Waals surface area contributed by atoms with E-state index in [0.29, 0.717) is 9.37 Å². The van der Waals surface area contributed by atoms with E-state index >= 15 is 0 Å². The van der Waals surface area contributed by atoms with Gasteiger partial charge in [-0.2, -0.15) is 0 Å². The van der Waals surface area contributed by atoms with Crippen LogP contribution in [0.1, 0.15) is 15.9 Å². The molecule has 1 amide bonds. The molecule has 0 aromatic heterocycles. The number of nitrogens with one attached hydrogen (secondary N) is 1. The lowest BCUT2D eigenvalue weighted by molar-refractivity contribution is 0.0134. The first-order chi connectivity index (χ1) is 10.2. The largest absolute Gasteiger partial charge is 0.323 e. The maximum atomic E-state index is 12.9. The van der Waals surface area contributed by atoms with Crippen molar-refractivity contribution in [3.05, 3.63) is 27.7 Å². The molecule has 5 nitrogen and oxygen atoms in total. The molecule has 0 bridgehead atoms. The first kappa shape index (κ1) is 17.2. The summed E-state index contributed by atoms with van der Waals surface area (Å²) in [5, 5.41) is 0. The Morgan fingerprint density at radius 3 is 2.55 bits per heavy atom. The lowest BCUT2D eigenvalue weighted by Crippen LogP contribution is -2.42. The highest BCUT2D eigenvalue weighted by Gasteiger charge is 2.40. The Hall–Kier alpha value is -1.13. The average molecular weight is 401 g/mol. The van der Waals surface area contributed by atoms with Gasteiger partial charge >= 0.3 is 0 Å². The topological polar surface area (TPSA) is 66.5 Å². The Bertz CT molecular complexity index is 712. The van der Waals surface area contributed by atoms with Gasteiger partial charge in [0.05, 0.1) is 10.5 Å². The highest BCUT2D eigenvalue weighted by molar-refractivity contribution is 9.10. The van der Waals surface area contributed by atoms with E-state index in [1.807, 2.05) is 0 Å². The van der Waals surface area contributed by atoms with E-state index < -0.39 is 35.1 Å². The van der Waals surface area contributed by atoms with Gasteiger partial charge in [0.2, 0.25) is 10.0 Å². The SMILES string of the molecule is CNS(=O)(=O)c1cc(Br)cc2c1C(=O)N(C(CF)C(F)F)C2. The van der Waals surface area contributed by atoms with Crippen LogP contribution in [0.4, 0.5) is 13.2 Å². The monoisotopic (exact) mass is 400 g/mol. The second-order valence-corrected chi connectivity index (χ2v) is 7.41. The van der Waals surface area contributed by atoms with Crippen molar-refractivity contribution in [1.82, 2.24) is 9.62 Å². The average Bonchev–Trinajstić information content (AvgIpc) is 2.75. The zero-order valence-electron chi connectivity index (χ0n) is 11.3. The molecule has 1 N–H and O–H groups in total. The van der Waals surface area contributed by atoms with Crippen molar-refractivity contribution in [2.45, 2.75) is 23.9 Å². The summed E-state index contributed by atoms with van der Waals surface area (Å²) in [4.78, 5) is 12.7. The molecule has 0 saturated heterocycles. The van der Waals surface area contributed by atoms with Crippen LogP contribution < -0.4 is 4.72 Å². The third kappa shape index (κ3) is 2.86. The number of amides is 1. The summed E-state index contributed by atoms with van der Waals surface area (Å²) in [5.74, 6) is -0.917. The molecule has 1 atom stereocenters. The molecule has 0 aliphatic carbocycles. The summed E-state index contributed by atoms with van der Waals surface area (Å²) >= 11 is 3.12. The highest BCUT2D eigenvalue weighted by Crippen LogP contribution is 2.34. The minimum absolute atomic E-state index is 0.198. The fourth-order valence-electron chi connectivity index (χ4n) is 2.28. The van der Waals surface area contributed by atoms with Crippen LogP contribution in [0.15, 0.2) is 21.5 Å². The number of rotatable bonds is 5. The van der Waals surface area contributed by atoms with Crippen molar-refractivity contribution in [3.63, 3.8) is 0 Å². The Labute approximate surface area is 133 Å². The fourth-order valence-corrected chi connectivity index (χ4v) is 3.92. The highest BCUT2D eigenvalue weighted by atomic mass is 79.9.